The van der Waals surface area contributed by atoms with Gasteiger partial charge in [0, 0.05) is 36.7 Å². The van der Waals surface area contributed by atoms with Gasteiger partial charge in [0.25, 0.3) is 5.91 Å². The molecule has 198 valence electrons. The summed E-state index contributed by atoms with van der Waals surface area (Å²) in [5.74, 6) is -2.99. The zero-order valence-corrected chi connectivity index (χ0v) is 21.2. The van der Waals surface area contributed by atoms with E-state index in [1.807, 2.05) is 6.07 Å². The van der Waals surface area contributed by atoms with Gasteiger partial charge < -0.3 is 20.8 Å². The summed E-state index contributed by atoms with van der Waals surface area (Å²) in [6.07, 6.45) is 2.16. The summed E-state index contributed by atoms with van der Waals surface area (Å²) in [7, 11) is 0. The lowest BCUT2D eigenvalue weighted by atomic mass is 9.81. The number of carboxylic acids is 1. The number of likely N-dealkylation sites (tertiary alicyclic amines) is 1. The highest BCUT2D eigenvalue weighted by atomic mass is 35.5. The molecular formula is C28H27ClFN3O5. The molecule has 5 rings (SSSR count). The first-order chi connectivity index (χ1) is 18.1. The van der Waals surface area contributed by atoms with Crippen LogP contribution in [0.4, 0.5) is 4.39 Å². The topological polar surface area (TPSA) is 133 Å². The molecule has 0 bridgehead atoms. The van der Waals surface area contributed by atoms with Gasteiger partial charge in [-0.3, -0.25) is 9.59 Å². The van der Waals surface area contributed by atoms with Crippen LogP contribution in [0.1, 0.15) is 69.9 Å². The third-order valence-electron chi connectivity index (χ3n) is 7.40. The smallest absolute Gasteiger partial charge is 0.335 e. The highest BCUT2D eigenvalue weighted by Crippen LogP contribution is 2.43. The molecule has 4 N–H and O–H groups in total. The molecule has 3 fully saturated rings. The number of nitrogens with zero attached hydrogens (tertiary/aromatic N) is 2. The summed E-state index contributed by atoms with van der Waals surface area (Å²) in [6.45, 7) is 0.522. The van der Waals surface area contributed by atoms with Crippen molar-refractivity contribution in [2.24, 2.45) is 16.6 Å². The molecule has 0 radical (unpaired) electrons. The summed E-state index contributed by atoms with van der Waals surface area (Å²) in [5, 5.41) is 19.1. The largest absolute Gasteiger partial charge is 0.478 e. The molecule has 0 aromatic heterocycles. The maximum Gasteiger partial charge on any atom is 0.335 e. The quantitative estimate of drug-likeness (QED) is 0.526. The summed E-state index contributed by atoms with van der Waals surface area (Å²) in [6, 6.07) is 8.73. The van der Waals surface area contributed by atoms with E-state index in [4.69, 9.17) is 22.4 Å². The number of halogens is 2. The number of carbonyl (C=O) groups is 3. The summed E-state index contributed by atoms with van der Waals surface area (Å²) < 4.78 is 14.9. The minimum Gasteiger partial charge on any atom is -0.478 e. The fourth-order valence-electron chi connectivity index (χ4n) is 5.14. The number of hydrogen-bond acceptors (Lipinski definition) is 5. The van der Waals surface area contributed by atoms with Gasteiger partial charge in [-0.05, 0) is 67.0 Å². The maximum atomic E-state index is 14.9. The zero-order chi connectivity index (χ0) is 27.1. The molecule has 1 aliphatic heterocycles. The third-order valence-corrected chi connectivity index (χ3v) is 7.71. The van der Waals surface area contributed by atoms with Crippen LogP contribution in [0.15, 0.2) is 47.0 Å². The monoisotopic (exact) mass is 539 g/mol. The zero-order valence-electron chi connectivity index (χ0n) is 20.5. The Bertz CT molecular complexity index is 1390. The van der Waals surface area contributed by atoms with Gasteiger partial charge in [0.2, 0.25) is 5.91 Å². The lowest BCUT2D eigenvalue weighted by molar-refractivity contribution is -0.145. The van der Waals surface area contributed by atoms with Crippen molar-refractivity contribution in [2.45, 2.75) is 44.1 Å². The fourth-order valence-corrected chi connectivity index (χ4v) is 5.40. The number of aliphatic hydroxyl groups excluding tert-OH is 1. The first kappa shape index (κ1) is 26.1. The predicted molar refractivity (Wildman–Crippen MR) is 140 cm³/mol. The molecule has 2 aromatic carbocycles. The Hall–Kier alpha value is -3.56. The van der Waals surface area contributed by atoms with E-state index >= 15 is 0 Å². The molecule has 2 aromatic rings. The van der Waals surface area contributed by atoms with Crippen LogP contribution < -0.4 is 5.73 Å². The van der Waals surface area contributed by atoms with Crippen molar-refractivity contribution in [1.82, 2.24) is 4.90 Å². The number of aliphatic imine (C=N–C) groups is 1. The molecule has 2 aliphatic carbocycles. The standard InChI is InChI=1S/C28H27ClFN3O5/c29-21-3-1-2-18(14-4-5-14)24(21)26(35)32-23-11-15(27(36)33-12-17(34)13-33)6-9-20(23)25(31)19-8-7-16(28(37)38)10-22(19)30/h1-3,7-8,10,14-15,17,34H,4-6,9,11-13,31H2,(H,37,38)/t15-/m0/s1. The second-order valence-corrected chi connectivity index (χ2v) is 10.5. The van der Waals surface area contributed by atoms with Gasteiger partial charge in [-0.1, -0.05) is 23.7 Å². The Kier molecular flexibility index (Phi) is 7.07. The molecule has 38 heavy (non-hydrogen) atoms. The molecule has 8 nitrogen and oxygen atoms in total. The van der Waals surface area contributed by atoms with Crippen molar-refractivity contribution in [1.29, 1.82) is 0 Å². The number of carbonyl (C=O) groups excluding carboxylic acids is 2. The summed E-state index contributed by atoms with van der Waals surface area (Å²) in [4.78, 5) is 43.7. The van der Waals surface area contributed by atoms with Gasteiger partial charge in [0.05, 0.1) is 28.0 Å². The molecule has 1 saturated heterocycles. The molecule has 2 saturated carbocycles. The number of amides is 2. The van der Waals surface area contributed by atoms with Crippen molar-refractivity contribution in [3.05, 3.63) is 75.1 Å². The third kappa shape index (κ3) is 5.08. The van der Waals surface area contributed by atoms with Crippen LogP contribution in [-0.2, 0) is 4.79 Å². The molecule has 1 heterocycles. The van der Waals surface area contributed by atoms with Gasteiger partial charge in [-0.25, -0.2) is 14.2 Å². The first-order valence-electron chi connectivity index (χ1n) is 12.5. The second kappa shape index (κ2) is 10.3. The molecule has 1 atom stereocenters. The van der Waals surface area contributed by atoms with Crippen molar-refractivity contribution >= 4 is 40.8 Å². The number of aromatic carboxylic acids is 1. The first-order valence-corrected chi connectivity index (χ1v) is 12.9. The highest BCUT2D eigenvalue weighted by Gasteiger charge is 2.37. The van der Waals surface area contributed by atoms with E-state index in [-0.39, 0.29) is 65.3 Å². The molecule has 0 unspecified atom stereocenters. The molecular weight excluding hydrogens is 513 g/mol. The minimum atomic E-state index is -1.27. The predicted octanol–water partition coefficient (Wildman–Crippen LogP) is 4.01. The number of benzene rings is 2. The fraction of sp³-hybridized carbons (Fsp3) is 0.357. The van der Waals surface area contributed by atoms with E-state index < -0.39 is 29.7 Å². The Morgan fingerprint density at radius 1 is 1.11 bits per heavy atom. The van der Waals surface area contributed by atoms with Crippen LogP contribution in [0.2, 0.25) is 5.02 Å². The van der Waals surface area contributed by atoms with Crippen molar-refractivity contribution < 1.29 is 29.0 Å². The van der Waals surface area contributed by atoms with E-state index in [0.717, 1.165) is 24.5 Å². The minimum absolute atomic E-state index is 0.00259. The van der Waals surface area contributed by atoms with Gasteiger partial charge in [-0.2, -0.15) is 0 Å². The van der Waals surface area contributed by atoms with E-state index in [1.165, 1.54) is 12.1 Å². The van der Waals surface area contributed by atoms with E-state index in [0.29, 0.717) is 17.6 Å². The van der Waals surface area contributed by atoms with Crippen LogP contribution >= 0.6 is 11.6 Å². The van der Waals surface area contributed by atoms with Crippen LogP contribution in [0.25, 0.3) is 5.70 Å². The lowest BCUT2D eigenvalue weighted by Gasteiger charge is -2.39. The van der Waals surface area contributed by atoms with Crippen LogP contribution in [-0.4, -0.2) is 57.8 Å². The highest BCUT2D eigenvalue weighted by molar-refractivity contribution is 6.34. The molecule has 0 spiro atoms. The SMILES string of the molecule is NC(=C1CC[C@H](C(=O)N2CC(O)C2)CC1=NC(=O)c1c(Cl)cccc1C1CC1)c1ccc(C(=O)O)cc1F. The summed E-state index contributed by atoms with van der Waals surface area (Å²) >= 11 is 6.42. The Morgan fingerprint density at radius 3 is 2.47 bits per heavy atom. The number of allylic oxidation sites excluding steroid dienone is 1. The van der Waals surface area contributed by atoms with E-state index in [1.54, 1.807) is 17.0 Å². The number of aliphatic hydroxyl groups is 1. The van der Waals surface area contributed by atoms with Crippen molar-refractivity contribution in [2.75, 3.05) is 13.1 Å². The second-order valence-electron chi connectivity index (χ2n) is 10.1. The van der Waals surface area contributed by atoms with Gasteiger partial charge in [-0.15, -0.1) is 0 Å². The molecule has 10 heteroatoms. The number of nitrogens with two attached hydrogens (primary N) is 1. The van der Waals surface area contributed by atoms with E-state index in [2.05, 4.69) is 4.99 Å². The van der Waals surface area contributed by atoms with E-state index in [9.17, 15) is 23.9 Å². The number of β-amino-alcohol motifs (C(OH)–C–C–N with tert-alkyl or cyclic N) is 1. The Morgan fingerprint density at radius 2 is 1.84 bits per heavy atom. The van der Waals surface area contributed by atoms with Crippen molar-refractivity contribution in [3.63, 3.8) is 0 Å². The number of rotatable bonds is 5. The average Bonchev–Trinajstić information content (AvgIpc) is 3.71. The van der Waals surface area contributed by atoms with Crippen molar-refractivity contribution in [3.8, 4) is 0 Å². The Labute approximate surface area is 223 Å². The molecule has 3 aliphatic rings. The van der Waals surface area contributed by atoms with Crippen LogP contribution in [0, 0.1) is 11.7 Å². The van der Waals surface area contributed by atoms with Crippen LogP contribution in [0.3, 0.4) is 0 Å². The lowest BCUT2D eigenvalue weighted by Crippen LogP contribution is -2.55. The van der Waals surface area contributed by atoms with Gasteiger partial charge >= 0.3 is 5.97 Å². The average molecular weight is 540 g/mol. The Balaban J connectivity index is 1.54. The normalized spacial score (nSPS) is 22.2. The molecule has 2 amide bonds. The van der Waals surface area contributed by atoms with Gasteiger partial charge in [0.15, 0.2) is 0 Å². The van der Waals surface area contributed by atoms with Crippen LogP contribution in [0.5, 0.6) is 0 Å². The summed E-state index contributed by atoms with van der Waals surface area (Å²) in [5.41, 5.74) is 8.09. The number of carboxylic acid groups (broad SMARTS) is 1. The maximum absolute atomic E-state index is 14.9. The number of hydrogen-bond donors (Lipinski definition) is 3. The van der Waals surface area contributed by atoms with Gasteiger partial charge in [0.1, 0.15) is 5.82 Å².